The van der Waals surface area contributed by atoms with Crippen LogP contribution >= 0.6 is 0 Å². The molecule has 1 fully saturated rings. The highest BCUT2D eigenvalue weighted by molar-refractivity contribution is 5.83. The molecular weight excluding hydrogens is 246 g/mol. The number of fused-ring (bicyclic) bond motifs is 1. The molecule has 2 N–H and O–H groups in total. The minimum absolute atomic E-state index is 0.660. The van der Waals surface area contributed by atoms with Gasteiger partial charge in [-0.15, -0.1) is 0 Å². The molecular formula is C17H21N3. The zero-order chi connectivity index (χ0) is 13.8. The molecule has 0 amide bonds. The van der Waals surface area contributed by atoms with Crippen LogP contribution < -0.4 is 5.73 Å². The van der Waals surface area contributed by atoms with E-state index in [-0.39, 0.29) is 0 Å². The fraction of sp³-hybridized carbons (Fsp3) is 0.353. The summed E-state index contributed by atoms with van der Waals surface area (Å²) in [7, 11) is 0. The molecule has 1 saturated heterocycles. The number of nitrogens with two attached hydrogens (primary N) is 1. The van der Waals surface area contributed by atoms with Crippen LogP contribution in [0.15, 0.2) is 47.5 Å². The van der Waals surface area contributed by atoms with E-state index in [1.165, 1.54) is 35.6 Å². The Kier molecular flexibility index (Phi) is 3.86. The van der Waals surface area contributed by atoms with Gasteiger partial charge in [0.1, 0.15) is 0 Å². The zero-order valence-electron chi connectivity index (χ0n) is 11.8. The summed E-state index contributed by atoms with van der Waals surface area (Å²) in [6, 6.07) is 14.9. The van der Waals surface area contributed by atoms with Crippen LogP contribution in [0.3, 0.4) is 0 Å². The van der Waals surface area contributed by atoms with E-state index in [0.29, 0.717) is 12.5 Å². The van der Waals surface area contributed by atoms with Crippen molar-refractivity contribution in [1.82, 2.24) is 4.90 Å². The van der Waals surface area contributed by atoms with E-state index < -0.39 is 0 Å². The van der Waals surface area contributed by atoms with Crippen molar-refractivity contribution in [2.24, 2.45) is 10.7 Å². The average molecular weight is 267 g/mol. The quantitative estimate of drug-likeness (QED) is 0.671. The number of likely N-dealkylation sites (tertiary alicyclic amines) is 1. The van der Waals surface area contributed by atoms with Crippen LogP contribution in [0.5, 0.6) is 0 Å². The van der Waals surface area contributed by atoms with E-state index in [0.717, 1.165) is 13.1 Å². The number of piperidine rings is 1. The minimum Gasteiger partial charge on any atom is -0.370 e. The van der Waals surface area contributed by atoms with E-state index in [1.807, 2.05) is 0 Å². The first-order chi connectivity index (χ1) is 9.83. The summed E-state index contributed by atoms with van der Waals surface area (Å²) in [6.45, 7) is 2.76. The smallest absolute Gasteiger partial charge is 0.191 e. The molecule has 0 unspecified atom stereocenters. The van der Waals surface area contributed by atoms with Gasteiger partial charge in [-0.25, -0.2) is 4.99 Å². The Morgan fingerprint density at radius 3 is 2.55 bits per heavy atom. The maximum atomic E-state index is 6.08. The van der Waals surface area contributed by atoms with E-state index in [2.05, 4.69) is 52.4 Å². The molecule has 2 aromatic rings. The molecule has 0 spiro atoms. The number of hydrogen-bond acceptors (Lipinski definition) is 1. The Labute approximate surface area is 120 Å². The lowest BCUT2D eigenvalue weighted by molar-refractivity contribution is 0.338. The second kappa shape index (κ2) is 5.95. The molecule has 3 rings (SSSR count). The topological polar surface area (TPSA) is 41.6 Å². The van der Waals surface area contributed by atoms with Gasteiger partial charge in [0, 0.05) is 13.1 Å². The summed E-state index contributed by atoms with van der Waals surface area (Å²) in [5, 5.41) is 2.53. The van der Waals surface area contributed by atoms with Crippen molar-refractivity contribution in [1.29, 1.82) is 0 Å². The third-order valence-corrected chi connectivity index (χ3v) is 3.92. The fourth-order valence-corrected chi connectivity index (χ4v) is 2.73. The van der Waals surface area contributed by atoms with Crippen LogP contribution in [0, 0.1) is 0 Å². The van der Waals surface area contributed by atoms with Gasteiger partial charge in [-0.2, -0.15) is 0 Å². The molecule has 104 valence electrons. The number of aliphatic imine (C=N–C) groups is 1. The monoisotopic (exact) mass is 267 g/mol. The molecule has 3 nitrogen and oxygen atoms in total. The normalized spacial score (nSPS) is 16.6. The SMILES string of the molecule is NC(=NCc1ccc2ccccc2c1)N1CCCCC1. The predicted molar refractivity (Wildman–Crippen MR) is 84.7 cm³/mol. The van der Waals surface area contributed by atoms with Gasteiger partial charge >= 0.3 is 0 Å². The molecule has 0 aliphatic carbocycles. The third kappa shape index (κ3) is 2.93. The van der Waals surface area contributed by atoms with Crippen molar-refractivity contribution in [3.05, 3.63) is 48.0 Å². The van der Waals surface area contributed by atoms with E-state index in [4.69, 9.17) is 5.73 Å². The summed E-state index contributed by atoms with van der Waals surface area (Å²) in [5.41, 5.74) is 7.30. The van der Waals surface area contributed by atoms with Gasteiger partial charge in [-0.1, -0.05) is 36.4 Å². The lowest BCUT2D eigenvalue weighted by Gasteiger charge is -2.27. The number of guanidine groups is 1. The second-order valence-corrected chi connectivity index (χ2v) is 5.40. The van der Waals surface area contributed by atoms with Crippen molar-refractivity contribution >= 4 is 16.7 Å². The average Bonchev–Trinajstić information content (AvgIpc) is 2.53. The van der Waals surface area contributed by atoms with Crippen LogP contribution in [0.4, 0.5) is 0 Å². The summed E-state index contributed by atoms with van der Waals surface area (Å²) in [4.78, 5) is 6.74. The third-order valence-electron chi connectivity index (χ3n) is 3.92. The first-order valence-electron chi connectivity index (χ1n) is 7.35. The predicted octanol–water partition coefficient (Wildman–Crippen LogP) is 3.14. The summed E-state index contributed by atoms with van der Waals surface area (Å²) in [5.74, 6) is 0.692. The van der Waals surface area contributed by atoms with Gasteiger partial charge in [0.15, 0.2) is 5.96 Å². The van der Waals surface area contributed by atoms with Crippen LogP contribution in [0.2, 0.25) is 0 Å². The van der Waals surface area contributed by atoms with Gasteiger partial charge in [-0.05, 0) is 41.7 Å². The van der Waals surface area contributed by atoms with Crippen LogP contribution in [0.1, 0.15) is 24.8 Å². The molecule has 2 aromatic carbocycles. The van der Waals surface area contributed by atoms with E-state index in [1.54, 1.807) is 0 Å². The summed E-state index contributed by atoms with van der Waals surface area (Å²) in [6.07, 6.45) is 3.77. The largest absolute Gasteiger partial charge is 0.370 e. The van der Waals surface area contributed by atoms with Crippen molar-refractivity contribution < 1.29 is 0 Å². The Balaban J connectivity index is 1.72. The summed E-state index contributed by atoms with van der Waals surface area (Å²) < 4.78 is 0. The van der Waals surface area contributed by atoms with Gasteiger partial charge < -0.3 is 10.6 Å². The molecule has 3 heteroatoms. The van der Waals surface area contributed by atoms with Crippen molar-refractivity contribution in [2.45, 2.75) is 25.8 Å². The van der Waals surface area contributed by atoms with E-state index >= 15 is 0 Å². The first kappa shape index (κ1) is 13.0. The molecule has 1 heterocycles. The van der Waals surface area contributed by atoms with Crippen LogP contribution in [-0.4, -0.2) is 23.9 Å². The van der Waals surface area contributed by atoms with E-state index in [9.17, 15) is 0 Å². The first-order valence-corrected chi connectivity index (χ1v) is 7.35. The van der Waals surface area contributed by atoms with Gasteiger partial charge in [0.2, 0.25) is 0 Å². The lowest BCUT2D eigenvalue weighted by Crippen LogP contribution is -2.40. The fourth-order valence-electron chi connectivity index (χ4n) is 2.73. The van der Waals surface area contributed by atoms with Gasteiger partial charge in [0.25, 0.3) is 0 Å². The van der Waals surface area contributed by atoms with Gasteiger partial charge in [-0.3, -0.25) is 0 Å². The molecule has 0 atom stereocenters. The maximum absolute atomic E-state index is 6.08. The highest BCUT2D eigenvalue weighted by atomic mass is 15.2. The molecule has 0 aromatic heterocycles. The summed E-state index contributed by atoms with van der Waals surface area (Å²) >= 11 is 0. The minimum atomic E-state index is 0.660. The van der Waals surface area contributed by atoms with Crippen molar-refractivity contribution in [2.75, 3.05) is 13.1 Å². The molecule has 0 bridgehead atoms. The van der Waals surface area contributed by atoms with Crippen LogP contribution in [-0.2, 0) is 6.54 Å². The maximum Gasteiger partial charge on any atom is 0.191 e. The zero-order valence-corrected chi connectivity index (χ0v) is 11.8. The van der Waals surface area contributed by atoms with Crippen molar-refractivity contribution in [3.63, 3.8) is 0 Å². The Bertz CT molecular complexity index is 612. The Hall–Kier alpha value is -2.03. The second-order valence-electron chi connectivity index (χ2n) is 5.40. The number of hydrogen-bond donors (Lipinski definition) is 1. The molecule has 1 aliphatic rings. The Morgan fingerprint density at radius 2 is 1.75 bits per heavy atom. The van der Waals surface area contributed by atoms with Crippen molar-refractivity contribution in [3.8, 4) is 0 Å². The number of benzene rings is 2. The highest BCUT2D eigenvalue weighted by Crippen LogP contribution is 2.16. The van der Waals surface area contributed by atoms with Gasteiger partial charge in [0.05, 0.1) is 6.54 Å². The molecule has 0 radical (unpaired) electrons. The number of nitrogens with zero attached hydrogens (tertiary/aromatic N) is 2. The Morgan fingerprint density at radius 1 is 1.00 bits per heavy atom. The van der Waals surface area contributed by atoms with Crippen LogP contribution in [0.25, 0.3) is 10.8 Å². The highest BCUT2D eigenvalue weighted by Gasteiger charge is 2.11. The molecule has 1 aliphatic heterocycles. The standard InChI is InChI=1S/C17H21N3/c18-17(20-10-4-1-5-11-20)19-13-14-8-9-15-6-2-3-7-16(15)12-14/h2-3,6-9,12H,1,4-5,10-11,13H2,(H2,18,19). The molecule has 0 saturated carbocycles. The number of rotatable bonds is 2. The molecule has 20 heavy (non-hydrogen) atoms. The lowest BCUT2D eigenvalue weighted by atomic mass is 10.1.